The van der Waals surface area contributed by atoms with E-state index >= 15 is 0 Å². The largest absolute Gasteiger partial charge is 0.387 e. The van der Waals surface area contributed by atoms with Gasteiger partial charge in [0.15, 0.2) is 5.82 Å². The number of aromatic nitrogens is 1. The minimum atomic E-state index is 0.527. The minimum Gasteiger partial charge on any atom is -0.387 e. The Balaban J connectivity index is 0. The maximum atomic E-state index is 7.36. The highest BCUT2D eigenvalue weighted by molar-refractivity contribution is 5.93. The topological polar surface area (TPSA) is 221 Å². The molecule has 0 unspecified atom stereocenters. The molecule has 0 atom stereocenters. The predicted octanol–water partition coefficient (Wildman–Crippen LogP) is 10.1. The van der Waals surface area contributed by atoms with Crippen molar-refractivity contribution in [3.63, 3.8) is 0 Å². The zero-order valence-corrected chi connectivity index (χ0v) is 45.1. The molecule has 4 aliphatic rings. The molecule has 1 saturated carbocycles. The van der Waals surface area contributed by atoms with E-state index in [1.165, 1.54) is 64.2 Å². The number of piperidine rings is 1. The number of pyridine rings is 1. The summed E-state index contributed by atoms with van der Waals surface area (Å²) >= 11 is 0. The molecule has 0 bridgehead atoms. The van der Waals surface area contributed by atoms with Crippen LogP contribution in [-0.4, -0.2) is 158 Å². The van der Waals surface area contributed by atoms with E-state index in [-0.39, 0.29) is 0 Å². The third-order valence-corrected chi connectivity index (χ3v) is 10.6. The number of anilines is 1. The Bertz CT molecular complexity index is 1720. The number of nitrogens with zero attached hydrogens (tertiary/aromatic N) is 9. The van der Waals surface area contributed by atoms with E-state index in [0.717, 1.165) is 87.1 Å². The van der Waals surface area contributed by atoms with Gasteiger partial charge >= 0.3 is 0 Å². The Kier molecular flexibility index (Phi) is 39.6. The van der Waals surface area contributed by atoms with E-state index in [1.54, 1.807) is 47.1 Å². The molecule has 0 amide bonds. The Morgan fingerprint density at radius 3 is 1.34 bits per heavy atom. The zero-order valence-electron chi connectivity index (χ0n) is 45.1. The number of amidine groups is 6. The van der Waals surface area contributed by atoms with Gasteiger partial charge in [0, 0.05) is 103 Å². The first kappa shape index (κ1) is 64.6. The van der Waals surface area contributed by atoms with Crippen LogP contribution >= 0.6 is 0 Å². The summed E-state index contributed by atoms with van der Waals surface area (Å²) in [6.07, 6.45) is 15.0. The van der Waals surface area contributed by atoms with Crippen LogP contribution in [0.1, 0.15) is 133 Å². The summed E-state index contributed by atoms with van der Waals surface area (Å²) in [4.78, 5) is 28.4. The van der Waals surface area contributed by atoms with Gasteiger partial charge < -0.3 is 41.4 Å². The predicted molar refractivity (Wildman–Crippen MR) is 299 cm³/mol. The Labute approximate surface area is 413 Å². The summed E-state index contributed by atoms with van der Waals surface area (Å²) in [5.41, 5.74) is 8.21. The number of piperazine rings is 1. The number of hydrogen-bond donors (Lipinski definition) is 7. The minimum absolute atomic E-state index is 0.527. The smallest absolute Gasteiger partial charge is 0.153 e. The van der Waals surface area contributed by atoms with E-state index in [4.69, 9.17) is 27.4 Å². The first-order chi connectivity index (χ1) is 32.2. The van der Waals surface area contributed by atoms with Gasteiger partial charge in [0.05, 0.1) is 35.0 Å². The highest BCUT2D eigenvalue weighted by Crippen LogP contribution is 2.17. The molecule has 0 radical (unpaired) electrons. The number of rotatable bonds is 3. The maximum absolute atomic E-state index is 7.36. The molecule has 68 heavy (non-hydrogen) atoms. The van der Waals surface area contributed by atoms with Crippen LogP contribution in [0, 0.1) is 21.6 Å². The normalized spacial score (nSPS) is 16.0. The summed E-state index contributed by atoms with van der Waals surface area (Å²) in [5, 5.41) is 35.0. The molecule has 1 aliphatic carbocycles. The average Bonchev–Trinajstić information content (AvgIpc) is 3.88. The van der Waals surface area contributed by atoms with Gasteiger partial charge in [0.25, 0.3) is 0 Å². The summed E-state index contributed by atoms with van der Waals surface area (Å²) < 4.78 is 0. The van der Waals surface area contributed by atoms with E-state index in [9.17, 15) is 0 Å². The van der Waals surface area contributed by atoms with Gasteiger partial charge in [0.1, 0.15) is 0 Å². The second-order valence-corrected chi connectivity index (χ2v) is 17.5. The molecule has 16 heteroatoms. The summed E-state index contributed by atoms with van der Waals surface area (Å²) in [6, 6.07) is 16.2. The number of likely N-dealkylation sites (tertiary alicyclic amines) is 2. The van der Waals surface area contributed by atoms with Gasteiger partial charge in [-0.25, -0.2) is 9.98 Å². The van der Waals surface area contributed by atoms with Gasteiger partial charge in [0.2, 0.25) is 0 Å². The van der Waals surface area contributed by atoms with Crippen LogP contribution in [0.3, 0.4) is 0 Å². The third-order valence-electron chi connectivity index (χ3n) is 10.6. The molecule has 8 N–H and O–H groups in total. The molecule has 3 aliphatic heterocycles. The molecular formula is C52H96N16. The van der Waals surface area contributed by atoms with Gasteiger partial charge in [-0.2, -0.15) is 0 Å². The van der Waals surface area contributed by atoms with E-state index < -0.39 is 0 Å². The quantitative estimate of drug-likeness (QED) is 0.116. The molecule has 3 saturated heterocycles. The van der Waals surface area contributed by atoms with Crippen molar-refractivity contribution in [3.05, 3.63) is 54.7 Å². The fraction of sp³-hybridized carbons (Fsp3) is 0.635. The van der Waals surface area contributed by atoms with Crippen LogP contribution in [0.15, 0.2) is 74.7 Å². The van der Waals surface area contributed by atoms with Crippen molar-refractivity contribution in [3.8, 4) is 0 Å². The van der Waals surface area contributed by atoms with Crippen LogP contribution in [0.2, 0.25) is 0 Å². The zero-order chi connectivity index (χ0) is 51.7. The average molecular weight is 945 g/mol. The second kappa shape index (κ2) is 41.7. The molecular weight excluding hydrogens is 849 g/mol. The number of nitrogens with one attached hydrogen (secondary N) is 6. The van der Waals surface area contributed by atoms with Crippen molar-refractivity contribution in [1.29, 1.82) is 21.6 Å². The van der Waals surface area contributed by atoms with Crippen molar-refractivity contribution >= 4 is 57.9 Å². The standard InChI is InChI=1S/C9H18N2.C9H12N2.C7H15N3.C7H9N3.C7H14N2.C6H12N2.C4H9N.C3H7N/c2*1-8(10-2)11-9-6-4-3-5-7-9;1-7(8)10-5-3-9(2)4-6-10;1-6(8)10-7-4-2-3-5-9-7;1-7(8)9-5-3-2-4-6-9;1-6(7)8-4-2-3-5-8;1-4(2)5-3;1-3(2)4/h9H,3-7H2,1-2H3,(H,10,11);3-7H,1-2H3,(H,10,11);8H,3-6H2,1-2H3;2-5H,1H3,(H2,8,9,10);8H,2-6H2,1H3;7H,2-5H2,1H3;1-3H3;4H,1-2H3. The molecule has 0 spiro atoms. The van der Waals surface area contributed by atoms with Crippen molar-refractivity contribution < 1.29 is 0 Å². The fourth-order valence-electron chi connectivity index (χ4n) is 6.42. The van der Waals surface area contributed by atoms with Crippen LogP contribution in [-0.2, 0) is 0 Å². The van der Waals surface area contributed by atoms with Crippen molar-refractivity contribution in [1.82, 2.24) is 29.9 Å². The third kappa shape index (κ3) is 39.6. The molecule has 4 heterocycles. The van der Waals surface area contributed by atoms with Gasteiger partial charge in [-0.15, -0.1) is 0 Å². The molecule has 384 valence electrons. The van der Waals surface area contributed by atoms with Crippen LogP contribution < -0.4 is 16.4 Å². The Hall–Kier alpha value is -5.51. The number of hydrogen-bond acceptors (Lipinski definition) is 10. The van der Waals surface area contributed by atoms with Crippen molar-refractivity contribution in [2.45, 2.75) is 139 Å². The molecule has 1 aromatic heterocycles. The lowest BCUT2D eigenvalue weighted by Gasteiger charge is -2.32. The first-order valence-corrected chi connectivity index (χ1v) is 24.4. The lowest BCUT2D eigenvalue weighted by molar-refractivity contribution is 0.214. The summed E-state index contributed by atoms with van der Waals surface area (Å²) in [5.74, 6) is 5.35. The monoisotopic (exact) mass is 945 g/mol. The molecule has 6 rings (SSSR count). The number of aliphatic imine (C=N–C) groups is 4. The molecule has 2 aromatic rings. The van der Waals surface area contributed by atoms with Crippen LogP contribution in [0.5, 0.6) is 0 Å². The second-order valence-electron chi connectivity index (χ2n) is 17.5. The maximum Gasteiger partial charge on any atom is 0.153 e. The highest BCUT2D eigenvalue weighted by Gasteiger charge is 2.14. The fourth-order valence-corrected chi connectivity index (χ4v) is 6.42. The SMILES string of the molecule is CC(=N)N1CCCC1.CC(=N)N1CCCCC1.CC(=N)N1CCN(C)CC1.CC(C)=N.CC(N)=Nc1ccccn1.CN=C(C)C.CN=C(C)NC1CCCCC1.CN=C(C)Nc1ccccc1. The number of para-hydroxylation sites is 1. The summed E-state index contributed by atoms with van der Waals surface area (Å²) in [7, 11) is 7.52. The van der Waals surface area contributed by atoms with Gasteiger partial charge in [-0.3, -0.25) is 31.2 Å². The van der Waals surface area contributed by atoms with Gasteiger partial charge in [-0.1, -0.05) is 43.5 Å². The van der Waals surface area contributed by atoms with E-state index in [1.807, 2.05) is 98.0 Å². The first-order valence-electron chi connectivity index (χ1n) is 24.4. The highest BCUT2D eigenvalue weighted by atomic mass is 15.3. The van der Waals surface area contributed by atoms with Crippen molar-refractivity contribution in [2.75, 3.05) is 85.9 Å². The van der Waals surface area contributed by atoms with Gasteiger partial charge in [-0.05, 0) is 145 Å². The molecule has 1 aromatic carbocycles. The van der Waals surface area contributed by atoms with E-state index in [0.29, 0.717) is 29.2 Å². The molecule has 16 nitrogen and oxygen atoms in total. The van der Waals surface area contributed by atoms with E-state index in [2.05, 4.69) is 62.2 Å². The number of nitrogens with two attached hydrogens (primary N) is 1. The lowest BCUT2D eigenvalue weighted by atomic mass is 9.95. The lowest BCUT2D eigenvalue weighted by Crippen LogP contribution is -2.46. The van der Waals surface area contributed by atoms with Crippen LogP contribution in [0.25, 0.3) is 0 Å². The van der Waals surface area contributed by atoms with Crippen LogP contribution in [0.4, 0.5) is 11.5 Å². The Morgan fingerprint density at radius 1 is 0.559 bits per heavy atom. The number of likely N-dealkylation sites (N-methyl/N-ethyl adjacent to an activating group) is 1. The Morgan fingerprint density at radius 2 is 0.971 bits per heavy atom. The number of benzene rings is 1. The van der Waals surface area contributed by atoms with Crippen molar-refractivity contribution in [2.24, 2.45) is 25.7 Å². The molecule has 4 fully saturated rings. The summed E-state index contributed by atoms with van der Waals surface area (Å²) in [6.45, 7) is 27.4.